The molecule has 1 aromatic carbocycles. The lowest BCUT2D eigenvalue weighted by Gasteiger charge is -2.19. The molecule has 0 atom stereocenters. The number of hydrogen-bond acceptors (Lipinski definition) is 2. The summed E-state index contributed by atoms with van der Waals surface area (Å²) in [7, 11) is 2.92. The standard InChI is InChI=1S/C10H9F4N3/c1-16(2)9-6(10(11,12)13)3-4-7-8(9)15-5-17(7)14/h3-5H,1-2H3. The van der Waals surface area contributed by atoms with Crippen molar-refractivity contribution in [2.45, 2.75) is 6.18 Å². The molecule has 3 nitrogen and oxygen atoms in total. The van der Waals surface area contributed by atoms with Gasteiger partial charge in [-0.2, -0.15) is 18.0 Å². The zero-order chi connectivity index (χ0) is 12.8. The van der Waals surface area contributed by atoms with Gasteiger partial charge in [-0.1, -0.05) is 4.48 Å². The number of nitrogens with zero attached hydrogens (tertiary/aromatic N) is 3. The predicted octanol–water partition coefficient (Wildman–Crippen LogP) is 2.85. The third-order valence-corrected chi connectivity index (χ3v) is 2.40. The summed E-state index contributed by atoms with van der Waals surface area (Å²) in [6, 6.07) is 1.92. The molecule has 0 bridgehead atoms. The van der Waals surface area contributed by atoms with Crippen molar-refractivity contribution in [3.05, 3.63) is 24.0 Å². The maximum atomic E-state index is 13.2. The zero-order valence-corrected chi connectivity index (χ0v) is 9.09. The summed E-state index contributed by atoms with van der Waals surface area (Å²) in [4.78, 5) is 5.13. The molecule has 0 N–H and O–H groups in total. The molecule has 1 aromatic heterocycles. The molecule has 0 aliphatic rings. The lowest BCUT2D eigenvalue weighted by Crippen LogP contribution is -2.17. The number of anilines is 1. The van der Waals surface area contributed by atoms with E-state index in [2.05, 4.69) is 4.98 Å². The first-order valence-electron chi connectivity index (χ1n) is 4.73. The minimum atomic E-state index is -4.49. The first-order valence-corrected chi connectivity index (χ1v) is 4.73. The van der Waals surface area contributed by atoms with Crippen molar-refractivity contribution in [1.29, 1.82) is 0 Å². The Balaban J connectivity index is 2.83. The first kappa shape index (κ1) is 11.7. The molecule has 2 rings (SSSR count). The molecular formula is C10H9F4N3. The second-order valence-corrected chi connectivity index (χ2v) is 3.78. The Morgan fingerprint density at radius 3 is 2.41 bits per heavy atom. The number of imidazole rings is 1. The number of alkyl halides is 3. The highest BCUT2D eigenvalue weighted by Gasteiger charge is 2.35. The average Bonchev–Trinajstić information content (AvgIpc) is 2.57. The molecule has 0 saturated carbocycles. The van der Waals surface area contributed by atoms with Crippen molar-refractivity contribution in [2.24, 2.45) is 0 Å². The third-order valence-electron chi connectivity index (χ3n) is 2.40. The smallest absolute Gasteiger partial charge is 0.375 e. The Morgan fingerprint density at radius 2 is 1.88 bits per heavy atom. The SMILES string of the molecule is CN(C)c1c(C(F)(F)F)ccc2c1ncn2F. The van der Waals surface area contributed by atoms with E-state index in [0.29, 0.717) is 0 Å². The summed E-state index contributed by atoms with van der Waals surface area (Å²) < 4.78 is 51.5. The molecular weight excluding hydrogens is 238 g/mol. The second-order valence-electron chi connectivity index (χ2n) is 3.78. The summed E-state index contributed by atoms with van der Waals surface area (Å²) in [6.07, 6.45) is -3.65. The van der Waals surface area contributed by atoms with Gasteiger partial charge in [-0.25, -0.2) is 4.98 Å². The van der Waals surface area contributed by atoms with Crippen LogP contribution in [0.3, 0.4) is 0 Å². The Kier molecular flexibility index (Phi) is 2.48. The minimum Gasteiger partial charge on any atom is -0.375 e. The van der Waals surface area contributed by atoms with Crippen molar-refractivity contribution < 1.29 is 17.7 Å². The molecule has 0 aliphatic heterocycles. The van der Waals surface area contributed by atoms with E-state index < -0.39 is 11.7 Å². The molecule has 0 spiro atoms. The Morgan fingerprint density at radius 1 is 1.24 bits per heavy atom. The van der Waals surface area contributed by atoms with Crippen LogP contribution in [-0.4, -0.2) is 23.9 Å². The lowest BCUT2D eigenvalue weighted by molar-refractivity contribution is -0.137. The van der Waals surface area contributed by atoms with E-state index in [4.69, 9.17) is 0 Å². The normalized spacial score (nSPS) is 12.1. The van der Waals surface area contributed by atoms with Crippen LogP contribution in [0.1, 0.15) is 5.56 Å². The van der Waals surface area contributed by atoms with E-state index in [9.17, 15) is 17.7 Å². The summed E-state index contributed by atoms with van der Waals surface area (Å²) in [6.45, 7) is 0. The van der Waals surface area contributed by atoms with Gasteiger partial charge in [0.2, 0.25) is 0 Å². The fourth-order valence-corrected chi connectivity index (χ4v) is 1.72. The van der Waals surface area contributed by atoms with Crippen LogP contribution in [-0.2, 0) is 6.18 Å². The highest BCUT2D eigenvalue weighted by Crippen LogP contribution is 2.39. The van der Waals surface area contributed by atoms with Crippen LogP contribution in [0, 0.1) is 0 Å². The van der Waals surface area contributed by atoms with Gasteiger partial charge < -0.3 is 4.90 Å². The molecule has 0 unspecified atom stereocenters. The van der Waals surface area contributed by atoms with E-state index in [0.717, 1.165) is 18.5 Å². The van der Waals surface area contributed by atoms with E-state index in [1.165, 1.54) is 19.0 Å². The van der Waals surface area contributed by atoms with E-state index in [1.807, 2.05) is 0 Å². The Hall–Kier alpha value is -1.79. The molecule has 7 heteroatoms. The summed E-state index contributed by atoms with van der Waals surface area (Å²) in [5, 5.41) is 0. The van der Waals surface area contributed by atoms with Crippen LogP contribution in [0.5, 0.6) is 0 Å². The highest BCUT2D eigenvalue weighted by molar-refractivity contribution is 5.91. The van der Waals surface area contributed by atoms with Crippen LogP contribution in [0.2, 0.25) is 0 Å². The van der Waals surface area contributed by atoms with Gasteiger partial charge in [-0.3, -0.25) is 0 Å². The Bertz CT molecular complexity index is 556. The van der Waals surface area contributed by atoms with Crippen LogP contribution in [0.25, 0.3) is 11.0 Å². The quantitative estimate of drug-likeness (QED) is 0.722. The minimum absolute atomic E-state index is 0.00711. The van der Waals surface area contributed by atoms with Crippen molar-refractivity contribution in [3.63, 3.8) is 0 Å². The van der Waals surface area contributed by atoms with Crippen LogP contribution >= 0.6 is 0 Å². The maximum Gasteiger partial charge on any atom is 0.418 e. The van der Waals surface area contributed by atoms with E-state index in [-0.39, 0.29) is 21.5 Å². The number of halogens is 4. The molecule has 0 fully saturated rings. The monoisotopic (exact) mass is 247 g/mol. The lowest BCUT2D eigenvalue weighted by atomic mass is 10.1. The van der Waals surface area contributed by atoms with Gasteiger partial charge >= 0.3 is 6.18 Å². The number of benzene rings is 1. The summed E-state index contributed by atoms with van der Waals surface area (Å²) >= 11 is 0. The summed E-state index contributed by atoms with van der Waals surface area (Å²) in [5.41, 5.74) is -0.950. The van der Waals surface area contributed by atoms with Crippen molar-refractivity contribution in [2.75, 3.05) is 19.0 Å². The molecule has 0 aliphatic carbocycles. The number of rotatable bonds is 1. The van der Waals surface area contributed by atoms with E-state index >= 15 is 0 Å². The molecule has 1 heterocycles. The topological polar surface area (TPSA) is 21.1 Å². The average molecular weight is 247 g/mol. The molecule has 92 valence electrons. The van der Waals surface area contributed by atoms with Gasteiger partial charge in [-0.15, -0.1) is 0 Å². The third kappa shape index (κ3) is 1.81. The highest BCUT2D eigenvalue weighted by atomic mass is 19.4. The fourth-order valence-electron chi connectivity index (χ4n) is 1.72. The van der Waals surface area contributed by atoms with Gasteiger partial charge in [0.1, 0.15) is 17.4 Å². The first-order chi connectivity index (χ1) is 7.82. The van der Waals surface area contributed by atoms with Crippen molar-refractivity contribution in [1.82, 2.24) is 9.77 Å². The number of fused-ring (bicyclic) bond motifs is 1. The number of aromatic nitrogens is 2. The maximum absolute atomic E-state index is 13.2. The largest absolute Gasteiger partial charge is 0.418 e. The van der Waals surface area contributed by atoms with Gasteiger partial charge in [0.25, 0.3) is 0 Å². The van der Waals surface area contributed by atoms with Gasteiger partial charge in [0, 0.05) is 14.1 Å². The van der Waals surface area contributed by atoms with E-state index in [1.54, 1.807) is 0 Å². The van der Waals surface area contributed by atoms with Gasteiger partial charge in [0.15, 0.2) is 0 Å². The zero-order valence-electron chi connectivity index (χ0n) is 9.09. The van der Waals surface area contributed by atoms with Crippen molar-refractivity contribution in [3.8, 4) is 0 Å². The predicted molar refractivity (Wildman–Crippen MR) is 55.6 cm³/mol. The molecule has 17 heavy (non-hydrogen) atoms. The van der Waals surface area contributed by atoms with Crippen LogP contribution in [0.4, 0.5) is 23.3 Å². The second kappa shape index (κ2) is 3.61. The van der Waals surface area contributed by atoms with Crippen LogP contribution in [0.15, 0.2) is 18.5 Å². The molecule has 0 radical (unpaired) electrons. The summed E-state index contributed by atoms with van der Waals surface area (Å²) in [5.74, 6) is 0. The Labute approximate surface area is 94.2 Å². The molecule has 2 aromatic rings. The van der Waals surface area contributed by atoms with Crippen LogP contribution < -0.4 is 4.90 Å². The number of hydrogen-bond donors (Lipinski definition) is 0. The molecule has 0 saturated heterocycles. The van der Waals surface area contributed by atoms with Crippen molar-refractivity contribution >= 4 is 16.7 Å². The molecule has 0 amide bonds. The van der Waals surface area contributed by atoms with Gasteiger partial charge in [0.05, 0.1) is 11.3 Å². The fraction of sp³-hybridized carbons (Fsp3) is 0.300. The van der Waals surface area contributed by atoms with Gasteiger partial charge in [-0.05, 0) is 12.1 Å².